The summed E-state index contributed by atoms with van der Waals surface area (Å²) in [6, 6.07) is 9.01. The lowest BCUT2D eigenvalue weighted by Crippen LogP contribution is -2.40. The molecule has 0 aromatic heterocycles. The molecule has 0 bridgehead atoms. The quantitative estimate of drug-likeness (QED) is 0.605. The molecule has 6 heteroatoms. The van der Waals surface area contributed by atoms with E-state index in [1.807, 2.05) is 25.1 Å². The lowest BCUT2D eigenvalue weighted by atomic mass is 9.80. The van der Waals surface area contributed by atoms with Crippen LogP contribution >= 0.6 is 0 Å². The van der Waals surface area contributed by atoms with Crippen LogP contribution in [-0.2, 0) is 19.1 Å². The highest BCUT2D eigenvalue weighted by molar-refractivity contribution is 5.96. The van der Waals surface area contributed by atoms with Crippen LogP contribution in [0, 0.1) is 11.8 Å². The van der Waals surface area contributed by atoms with Crippen molar-refractivity contribution in [3.8, 4) is 0 Å². The summed E-state index contributed by atoms with van der Waals surface area (Å²) in [6.07, 6.45) is 2.86. The lowest BCUT2D eigenvalue weighted by molar-refractivity contribution is -0.161. The van der Waals surface area contributed by atoms with E-state index in [-0.39, 0.29) is 11.8 Å². The van der Waals surface area contributed by atoms with Gasteiger partial charge in [-0.25, -0.2) is 0 Å². The van der Waals surface area contributed by atoms with Gasteiger partial charge in [-0.1, -0.05) is 25.1 Å². The molecule has 0 saturated heterocycles. The Balaban J connectivity index is 2.28. The highest BCUT2D eigenvalue weighted by Gasteiger charge is 2.40. The van der Waals surface area contributed by atoms with Gasteiger partial charge in [-0.05, 0) is 30.5 Å². The van der Waals surface area contributed by atoms with Crippen molar-refractivity contribution >= 4 is 17.8 Å². The van der Waals surface area contributed by atoms with E-state index in [2.05, 4.69) is 0 Å². The van der Waals surface area contributed by atoms with Crippen molar-refractivity contribution in [3.05, 3.63) is 47.7 Å². The number of rotatable bonds is 5. The van der Waals surface area contributed by atoms with E-state index in [1.54, 1.807) is 23.2 Å². The van der Waals surface area contributed by atoms with Gasteiger partial charge >= 0.3 is 11.9 Å². The molecule has 1 aliphatic heterocycles. The third-order valence-electron chi connectivity index (χ3n) is 4.48. The number of ether oxygens (including phenoxy) is 2. The van der Waals surface area contributed by atoms with Gasteiger partial charge in [0.15, 0.2) is 5.92 Å². The van der Waals surface area contributed by atoms with E-state index < -0.39 is 17.9 Å². The van der Waals surface area contributed by atoms with E-state index in [9.17, 15) is 14.4 Å². The lowest BCUT2D eigenvalue weighted by Gasteiger charge is -2.33. The van der Waals surface area contributed by atoms with Crippen molar-refractivity contribution in [2.45, 2.75) is 19.8 Å². The number of amides is 1. The number of methoxy groups -OCH3 is 2. The predicted molar refractivity (Wildman–Crippen MR) is 91.5 cm³/mol. The molecule has 1 aliphatic rings. The average Bonchev–Trinajstić information content (AvgIpc) is 2.67. The maximum atomic E-state index is 12.6. The van der Waals surface area contributed by atoms with Crippen LogP contribution in [0.25, 0.3) is 0 Å². The van der Waals surface area contributed by atoms with Crippen molar-refractivity contribution < 1.29 is 23.9 Å². The Kier molecular flexibility index (Phi) is 6.33. The number of benzene rings is 1. The molecule has 0 saturated carbocycles. The minimum atomic E-state index is -1.00. The van der Waals surface area contributed by atoms with Crippen LogP contribution in [0.3, 0.4) is 0 Å². The SMILES string of the molecule is CCC1=CN(C(=O)c2ccccc2)CCC1C(C(=O)OC)C(=O)OC. The third kappa shape index (κ3) is 4.07. The fraction of sp³-hybridized carbons (Fsp3) is 0.421. The number of carbonyl (C=O) groups is 3. The molecule has 25 heavy (non-hydrogen) atoms. The molecule has 6 nitrogen and oxygen atoms in total. The molecular weight excluding hydrogens is 322 g/mol. The Morgan fingerprint density at radius 2 is 1.72 bits per heavy atom. The first-order chi connectivity index (χ1) is 12.0. The molecule has 0 N–H and O–H groups in total. The molecule has 134 valence electrons. The molecule has 1 atom stereocenters. The van der Waals surface area contributed by atoms with E-state index in [0.29, 0.717) is 24.9 Å². The van der Waals surface area contributed by atoms with Crippen molar-refractivity contribution in [2.75, 3.05) is 20.8 Å². The van der Waals surface area contributed by atoms with Crippen LogP contribution in [0.2, 0.25) is 0 Å². The fourth-order valence-electron chi connectivity index (χ4n) is 3.14. The number of nitrogens with zero attached hydrogens (tertiary/aromatic N) is 1. The number of hydrogen-bond donors (Lipinski definition) is 0. The summed E-state index contributed by atoms with van der Waals surface area (Å²) in [5.74, 6) is -2.66. The van der Waals surface area contributed by atoms with Crippen LogP contribution < -0.4 is 0 Å². The fourth-order valence-corrected chi connectivity index (χ4v) is 3.14. The number of esters is 2. The highest BCUT2D eigenvalue weighted by Crippen LogP contribution is 2.33. The first-order valence-corrected chi connectivity index (χ1v) is 8.25. The summed E-state index contributed by atoms with van der Waals surface area (Å²) >= 11 is 0. The van der Waals surface area contributed by atoms with Crippen molar-refractivity contribution in [1.29, 1.82) is 0 Å². The number of hydrogen-bond acceptors (Lipinski definition) is 5. The van der Waals surface area contributed by atoms with Gasteiger partial charge in [0.1, 0.15) is 0 Å². The highest BCUT2D eigenvalue weighted by atomic mass is 16.5. The molecular formula is C19H23NO5. The van der Waals surface area contributed by atoms with Crippen LogP contribution in [0.1, 0.15) is 30.1 Å². The smallest absolute Gasteiger partial charge is 0.320 e. The van der Waals surface area contributed by atoms with Gasteiger partial charge in [0.2, 0.25) is 0 Å². The van der Waals surface area contributed by atoms with Gasteiger partial charge in [0.05, 0.1) is 14.2 Å². The Labute approximate surface area is 147 Å². The van der Waals surface area contributed by atoms with E-state index >= 15 is 0 Å². The average molecular weight is 345 g/mol. The summed E-state index contributed by atoms with van der Waals surface area (Å²) < 4.78 is 9.55. The summed E-state index contributed by atoms with van der Waals surface area (Å²) in [5.41, 5.74) is 1.46. The molecule has 1 aromatic carbocycles. The minimum Gasteiger partial charge on any atom is -0.468 e. The van der Waals surface area contributed by atoms with E-state index in [4.69, 9.17) is 9.47 Å². The van der Waals surface area contributed by atoms with Crippen molar-refractivity contribution in [1.82, 2.24) is 4.90 Å². The zero-order chi connectivity index (χ0) is 18.4. The predicted octanol–water partition coefficient (Wildman–Crippen LogP) is 2.40. The summed E-state index contributed by atoms with van der Waals surface area (Å²) in [6.45, 7) is 2.35. The first kappa shape index (κ1) is 18.7. The van der Waals surface area contributed by atoms with Gasteiger partial charge in [-0.3, -0.25) is 14.4 Å². The summed E-state index contributed by atoms with van der Waals surface area (Å²) in [5, 5.41) is 0. The van der Waals surface area contributed by atoms with Crippen LogP contribution in [0.5, 0.6) is 0 Å². The maximum Gasteiger partial charge on any atom is 0.320 e. The molecule has 2 rings (SSSR count). The largest absolute Gasteiger partial charge is 0.468 e. The standard InChI is InChI=1S/C19H23NO5/c1-4-13-12-20(17(21)14-8-6-5-7-9-14)11-10-15(13)16(18(22)24-2)19(23)25-3/h5-9,12,15-16H,4,10-11H2,1-3H3. The molecule has 1 aromatic rings. The van der Waals surface area contributed by atoms with Gasteiger partial charge < -0.3 is 14.4 Å². The van der Waals surface area contributed by atoms with Crippen molar-refractivity contribution in [3.63, 3.8) is 0 Å². The van der Waals surface area contributed by atoms with Gasteiger partial charge in [0, 0.05) is 24.2 Å². The van der Waals surface area contributed by atoms with E-state index in [1.165, 1.54) is 14.2 Å². The zero-order valence-corrected chi connectivity index (χ0v) is 14.7. The third-order valence-corrected chi connectivity index (χ3v) is 4.48. The zero-order valence-electron chi connectivity index (χ0n) is 14.7. The second-order valence-corrected chi connectivity index (χ2v) is 5.84. The number of carbonyl (C=O) groups excluding carboxylic acids is 3. The topological polar surface area (TPSA) is 72.9 Å². The van der Waals surface area contributed by atoms with Crippen molar-refractivity contribution in [2.24, 2.45) is 11.8 Å². The first-order valence-electron chi connectivity index (χ1n) is 8.25. The summed E-state index contributed by atoms with van der Waals surface area (Å²) in [7, 11) is 2.50. The molecule has 1 heterocycles. The molecule has 1 amide bonds. The molecule has 1 unspecified atom stereocenters. The Bertz CT molecular complexity index is 652. The normalized spacial score (nSPS) is 17.0. The van der Waals surface area contributed by atoms with E-state index in [0.717, 1.165) is 5.57 Å². The molecule has 0 radical (unpaired) electrons. The Morgan fingerprint density at radius 3 is 2.24 bits per heavy atom. The van der Waals surface area contributed by atoms with Crippen LogP contribution in [0.4, 0.5) is 0 Å². The van der Waals surface area contributed by atoms with Gasteiger partial charge in [0.25, 0.3) is 5.91 Å². The maximum absolute atomic E-state index is 12.6. The second-order valence-electron chi connectivity index (χ2n) is 5.84. The Morgan fingerprint density at radius 1 is 1.12 bits per heavy atom. The molecule has 0 aliphatic carbocycles. The number of allylic oxidation sites excluding steroid dienone is 1. The molecule has 0 spiro atoms. The minimum absolute atomic E-state index is 0.0994. The van der Waals surface area contributed by atoms with Gasteiger partial charge in [-0.2, -0.15) is 0 Å². The summed E-state index contributed by atoms with van der Waals surface area (Å²) in [4.78, 5) is 38.4. The molecule has 0 fully saturated rings. The van der Waals surface area contributed by atoms with Crippen LogP contribution in [0.15, 0.2) is 42.1 Å². The second kappa shape index (κ2) is 8.46. The van der Waals surface area contributed by atoms with Gasteiger partial charge in [-0.15, -0.1) is 0 Å². The Hall–Kier alpha value is -2.63. The van der Waals surface area contributed by atoms with Crippen LogP contribution in [-0.4, -0.2) is 43.5 Å². The monoisotopic (exact) mass is 345 g/mol.